The predicted molar refractivity (Wildman–Crippen MR) is 91.3 cm³/mol. The Bertz CT molecular complexity index is 679. The number of nitrogens with one attached hydrogen (secondary N) is 1. The Morgan fingerprint density at radius 1 is 1.43 bits per heavy atom. The number of nitrogens with zero attached hydrogens (tertiary/aromatic N) is 2. The van der Waals surface area contributed by atoms with Crippen molar-refractivity contribution >= 4 is 22.4 Å². The second-order valence-electron chi connectivity index (χ2n) is 6.19. The molecule has 1 amide bonds. The molecule has 0 aliphatic rings. The highest BCUT2D eigenvalue weighted by Crippen LogP contribution is 2.20. The minimum atomic E-state index is -0.718. The Labute approximate surface area is 139 Å². The molecule has 7 heteroatoms. The SMILES string of the molecule is C[C@@H](NC(=O)c1cccc(CCC(C)(C)O)c1)c1nnc(N)s1. The van der Waals surface area contributed by atoms with Crippen LogP contribution in [0.4, 0.5) is 5.13 Å². The van der Waals surface area contributed by atoms with E-state index >= 15 is 0 Å². The molecule has 124 valence electrons. The number of anilines is 1. The summed E-state index contributed by atoms with van der Waals surface area (Å²) in [7, 11) is 0. The minimum Gasteiger partial charge on any atom is -0.390 e. The zero-order valence-electron chi connectivity index (χ0n) is 13.5. The van der Waals surface area contributed by atoms with Gasteiger partial charge in [0, 0.05) is 5.56 Å². The van der Waals surface area contributed by atoms with Crippen molar-refractivity contribution in [3.8, 4) is 0 Å². The highest BCUT2D eigenvalue weighted by Gasteiger charge is 2.16. The molecule has 6 nitrogen and oxygen atoms in total. The van der Waals surface area contributed by atoms with Gasteiger partial charge in [0.1, 0.15) is 5.01 Å². The fourth-order valence-corrected chi connectivity index (χ4v) is 2.69. The van der Waals surface area contributed by atoms with Gasteiger partial charge in [0.05, 0.1) is 11.6 Å². The Morgan fingerprint density at radius 3 is 2.78 bits per heavy atom. The summed E-state index contributed by atoms with van der Waals surface area (Å²) in [6, 6.07) is 7.17. The fourth-order valence-electron chi connectivity index (χ4n) is 2.08. The van der Waals surface area contributed by atoms with Crippen molar-refractivity contribution in [2.45, 2.75) is 45.3 Å². The maximum atomic E-state index is 12.4. The lowest BCUT2D eigenvalue weighted by molar-refractivity contribution is 0.0714. The Balaban J connectivity index is 2.02. The van der Waals surface area contributed by atoms with Crippen LogP contribution in [-0.2, 0) is 6.42 Å². The number of carbonyl (C=O) groups excluding carboxylic acids is 1. The number of benzene rings is 1. The van der Waals surface area contributed by atoms with E-state index in [-0.39, 0.29) is 11.9 Å². The van der Waals surface area contributed by atoms with E-state index in [1.807, 2.05) is 25.1 Å². The van der Waals surface area contributed by atoms with E-state index in [1.54, 1.807) is 19.9 Å². The second kappa shape index (κ2) is 7.06. The van der Waals surface area contributed by atoms with Crippen molar-refractivity contribution in [3.05, 3.63) is 40.4 Å². The van der Waals surface area contributed by atoms with Crippen molar-refractivity contribution in [1.82, 2.24) is 15.5 Å². The van der Waals surface area contributed by atoms with Gasteiger partial charge in [0.25, 0.3) is 5.91 Å². The first-order valence-corrected chi connectivity index (χ1v) is 8.27. The number of hydrogen-bond donors (Lipinski definition) is 3. The molecular formula is C16H22N4O2S. The van der Waals surface area contributed by atoms with E-state index in [4.69, 9.17) is 5.73 Å². The molecule has 4 N–H and O–H groups in total. The summed E-state index contributed by atoms with van der Waals surface area (Å²) in [5.74, 6) is -0.170. The number of nitrogens with two attached hydrogens (primary N) is 1. The van der Waals surface area contributed by atoms with Crippen molar-refractivity contribution in [3.63, 3.8) is 0 Å². The molecule has 0 saturated carbocycles. The number of aliphatic hydroxyl groups is 1. The zero-order valence-corrected chi connectivity index (χ0v) is 14.4. The molecule has 23 heavy (non-hydrogen) atoms. The molecule has 0 aliphatic carbocycles. The van der Waals surface area contributed by atoms with E-state index in [2.05, 4.69) is 15.5 Å². The number of aryl methyl sites for hydroxylation is 1. The summed E-state index contributed by atoms with van der Waals surface area (Å²) in [5, 5.41) is 21.4. The molecule has 1 atom stereocenters. The second-order valence-corrected chi connectivity index (χ2v) is 7.23. The van der Waals surface area contributed by atoms with Crippen LogP contribution in [0.25, 0.3) is 0 Å². The largest absolute Gasteiger partial charge is 0.390 e. The number of nitrogen functional groups attached to an aromatic ring is 1. The lowest BCUT2D eigenvalue weighted by atomic mass is 9.98. The van der Waals surface area contributed by atoms with Crippen molar-refractivity contribution < 1.29 is 9.90 Å². The van der Waals surface area contributed by atoms with Crippen LogP contribution in [0, 0.1) is 0 Å². The lowest BCUT2D eigenvalue weighted by Gasteiger charge is -2.17. The van der Waals surface area contributed by atoms with Crippen molar-refractivity contribution in [1.29, 1.82) is 0 Å². The van der Waals surface area contributed by atoms with Gasteiger partial charge in [0.2, 0.25) is 5.13 Å². The third kappa shape index (κ3) is 5.30. The molecule has 1 aromatic heterocycles. The summed E-state index contributed by atoms with van der Waals surface area (Å²) < 4.78 is 0. The molecule has 0 saturated heterocycles. The zero-order chi connectivity index (χ0) is 17.0. The van der Waals surface area contributed by atoms with E-state index in [1.165, 1.54) is 11.3 Å². The van der Waals surface area contributed by atoms with Crippen molar-refractivity contribution in [2.24, 2.45) is 0 Å². The van der Waals surface area contributed by atoms with Gasteiger partial charge in [-0.3, -0.25) is 4.79 Å². The van der Waals surface area contributed by atoms with Gasteiger partial charge < -0.3 is 16.2 Å². The third-order valence-corrected chi connectivity index (χ3v) is 4.32. The molecular weight excluding hydrogens is 312 g/mol. The van der Waals surface area contributed by atoms with E-state index in [0.717, 1.165) is 5.56 Å². The molecule has 2 aromatic rings. The molecule has 0 fully saturated rings. The van der Waals surface area contributed by atoms with Crippen LogP contribution in [0.2, 0.25) is 0 Å². The van der Waals surface area contributed by atoms with Crippen LogP contribution in [0.15, 0.2) is 24.3 Å². The molecule has 0 bridgehead atoms. The molecule has 0 radical (unpaired) electrons. The molecule has 1 heterocycles. The summed E-state index contributed by atoms with van der Waals surface area (Å²) in [6.45, 7) is 5.40. The first-order valence-electron chi connectivity index (χ1n) is 7.46. The predicted octanol–water partition coefficient (Wildman–Crippen LogP) is 2.31. The fraction of sp³-hybridized carbons (Fsp3) is 0.438. The van der Waals surface area contributed by atoms with Crippen LogP contribution < -0.4 is 11.1 Å². The number of aromatic nitrogens is 2. The Hall–Kier alpha value is -1.99. The molecule has 0 aliphatic heterocycles. The highest BCUT2D eigenvalue weighted by atomic mass is 32.1. The monoisotopic (exact) mass is 334 g/mol. The van der Waals surface area contributed by atoms with Crippen LogP contribution in [0.1, 0.15) is 54.2 Å². The highest BCUT2D eigenvalue weighted by molar-refractivity contribution is 7.15. The first kappa shape index (κ1) is 17.4. The van der Waals surface area contributed by atoms with Crippen LogP contribution in [-0.4, -0.2) is 26.8 Å². The standard InChI is InChI=1S/C16H22N4O2S/c1-10(14-19-20-15(17)23-14)18-13(21)12-6-4-5-11(9-12)7-8-16(2,3)22/h4-6,9-10,22H,7-8H2,1-3H3,(H2,17,20)(H,18,21)/t10-/m1/s1. The normalized spacial score (nSPS) is 12.9. The van der Waals surface area contributed by atoms with Gasteiger partial charge in [-0.1, -0.05) is 23.5 Å². The average molecular weight is 334 g/mol. The van der Waals surface area contributed by atoms with E-state index < -0.39 is 5.60 Å². The summed E-state index contributed by atoms with van der Waals surface area (Å²) in [6.07, 6.45) is 1.35. The topological polar surface area (TPSA) is 101 Å². The Kier molecular flexibility index (Phi) is 5.33. The molecule has 1 aromatic carbocycles. The summed E-state index contributed by atoms with van der Waals surface area (Å²) >= 11 is 1.26. The van der Waals surface area contributed by atoms with Gasteiger partial charge >= 0.3 is 0 Å². The van der Waals surface area contributed by atoms with Gasteiger partial charge in [-0.05, 0) is 51.3 Å². The summed E-state index contributed by atoms with van der Waals surface area (Å²) in [5.41, 5.74) is 6.45. The number of hydrogen-bond acceptors (Lipinski definition) is 6. The van der Waals surface area contributed by atoms with Crippen LogP contribution in [0.3, 0.4) is 0 Å². The number of amides is 1. The maximum Gasteiger partial charge on any atom is 0.251 e. The van der Waals surface area contributed by atoms with Crippen LogP contribution in [0.5, 0.6) is 0 Å². The smallest absolute Gasteiger partial charge is 0.251 e. The first-order chi connectivity index (χ1) is 10.7. The van der Waals surface area contributed by atoms with E-state index in [0.29, 0.717) is 28.5 Å². The number of carbonyl (C=O) groups is 1. The Morgan fingerprint density at radius 2 is 2.17 bits per heavy atom. The third-order valence-electron chi connectivity index (χ3n) is 3.39. The van der Waals surface area contributed by atoms with Gasteiger partial charge in [0.15, 0.2) is 0 Å². The summed E-state index contributed by atoms with van der Waals surface area (Å²) in [4.78, 5) is 12.4. The molecule has 0 spiro atoms. The van der Waals surface area contributed by atoms with Crippen molar-refractivity contribution in [2.75, 3.05) is 5.73 Å². The van der Waals surface area contributed by atoms with Crippen LogP contribution >= 0.6 is 11.3 Å². The average Bonchev–Trinajstić information content (AvgIpc) is 2.91. The van der Waals surface area contributed by atoms with E-state index in [9.17, 15) is 9.90 Å². The molecule has 2 rings (SSSR count). The van der Waals surface area contributed by atoms with Gasteiger partial charge in [-0.2, -0.15) is 0 Å². The lowest BCUT2D eigenvalue weighted by Crippen LogP contribution is -2.26. The number of rotatable bonds is 6. The molecule has 0 unspecified atom stereocenters. The van der Waals surface area contributed by atoms with Gasteiger partial charge in [-0.15, -0.1) is 10.2 Å². The van der Waals surface area contributed by atoms with Gasteiger partial charge in [-0.25, -0.2) is 0 Å². The quantitative estimate of drug-likeness (QED) is 0.752. The minimum absolute atomic E-state index is 0.170. The maximum absolute atomic E-state index is 12.4.